The minimum absolute atomic E-state index is 0.00138. The Labute approximate surface area is 112 Å². The van der Waals surface area contributed by atoms with Gasteiger partial charge < -0.3 is 23.5 Å². The Kier molecular flexibility index (Phi) is 12.6. The van der Waals surface area contributed by atoms with Crippen LogP contribution in [-0.4, -0.2) is 62.0 Å². The molecular weight excluding hydrogens is 254 g/mol. The molecule has 0 rings (SSSR count). The fourth-order valence-electron chi connectivity index (χ4n) is 0.805. The van der Waals surface area contributed by atoms with E-state index in [4.69, 9.17) is 23.5 Å². The van der Waals surface area contributed by atoms with Gasteiger partial charge in [0.1, 0.15) is 0 Å². The number of methoxy groups -OCH3 is 2. The van der Waals surface area contributed by atoms with Crippen LogP contribution in [0, 0.1) is 0 Å². The molecular formula is C11H23NO5Si. The number of ether oxygens (including phenoxy) is 4. The van der Waals surface area contributed by atoms with Crippen LogP contribution in [0.4, 0.5) is 0 Å². The highest BCUT2D eigenvalue weighted by Crippen LogP contribution is 1.96. The van der Waals surface area contributed by atoms with Crippen LogP contribution in [0.5, 0.6) is 0 Å². The van der Waals surface area contributed by atoms with E-state index >= 15 is 0 Å². The summed E-state index contributed by atoms with van der Waals surface area (Å²) in [7, 11) is 3.24. The number of hydrogen-bond donors (Lipinski definition) is 0. The highest BCUT2D eigenvalue weighted by Gasteiger charge is 2.14. The molecule has 2 radical (unpaired) electrons. The maximum atomic E-state index is 5.46. The van der Waals surface area contributed by atoms with E-state index in [2.05, 4.69) is 5.16 Å². The molecule has 0 atom stereocenters. The number of oxime groups is 1. The predicted octanol–water partition coefficient (Wildman–Crippen LogP) is 1.02. The Hall–Kier alpha value is -0.473. The van der Waals surface area contributed by atoms with Crippen molar-refractivity contribution in [2.45, 2.75) is 26.2 Å². The van der Waals surface area contributed by atoms with Crippen molar-refractivity contribution in [3.05, 3.63) is 0 Å². The minimum atomic E-state index is -0.427. The summed E-state index contributed by atoms with van der Waals surface area (Å²) in [6, 6.07) is 0. The maximum Gasteiger partial charge on any atom is 0.418 e. The standard InChI is InChI=1S/C11H23NO5Si/c1-5-10(2)12-17-18-11(15-8-6-13-3)16-9-7-14-4/h11H,5-9H2,1-4H3/b12-10+. The molecule has 0 aromatic carbocycles. The third-order valence-electron chi connectivity index (χ3n) is 1.98. The summed E-state index contributed by atoms with van der Waals surface area (Å²) < 4.78 is 25.9. The van der Waals surface area contributed by atoms with Crippen LogP contribution in [0.2, 0.25) is 0 Å². The molecule has 0 N–H and O–H groups in total. The van der Waals surface area contributed by atoms with Gasteiger partial charge in [-0.2, -0.15) is 0 Å². The first kappa shape index (κ1) is 17.5. The Bertz CT molecular complexity index is 206. The zero-order valence-corrected chi connectivity index (χ0v) is 12.6. The second-order valence-corrected chi connectivity index (χ2v) is 4.34. The third kappa shape index (κ3) is 10.7. The van der Waals surface area contributed by atoms with Gasteiger partial charge in [0, 0.05) is 14.2 Å². The molecule has 0 spiro atoms. The number of rotatable bonds is 12. The second kappa shape index (κ2) is 13.0. The quantitative estimate of drug-likeness (QED) is 0.175. The molecule has 0 heterocycles. The van der Waals surface area contributed by atoms with Gasteiger partial charge in [0.05, 0.1) is 32.1 Å². The first-order chi connectivity index (χ1) is 8.74. The van der Waals surface area contributed by atoms with Gasteiger partial charge in [-0.15, -0.1) is 5.16 Å². The second-order valence-electron chi connectivity index (χ2n) is 3.45. The molecule has 0 aromatic rings. The van der Waals surface area contributed by atoms with Crippen molar-refractivity contribution >= 4 is 15.5 Å². The van der Waals surface area contributed by atoms with Gasteiger partial charge in [-0.25, -0.2) is 0 Å². The molecule has 0 aromatic heterocycles. The van der Waals surface area contributed by atoms with Crippen LogP contribution in [-0.2, 0) is 23.5 Å². The van der Waals surface area contributed by atoms with Crippen molar-refractivity contribution in [1.29, 1.82) is 0 Å². The monoisotopic (exact) mass is 277 g/mol. The molecule has 0 aliphatic carbocycles. The molecule has 0 unspecified atom stereocenters. The van der Waals surface area contributed by atoms with Gasteiger partial charge in [0.2, 0.25) is 0 Å². The van der Waals surface area contributed by atoms with E-state index in [-0.39, 0.29) is 9.76 Å². The third-order valence-corrected chi connectivity index (χ3v) is 2.70. The summed E-state index contributed by atoms with van der Waals surface area (Å²) in [5, 5.41) is 3.95. The molecule has 7 heteroatoms. The Morgan fingerprint density at radius 1 is 1.06 bits per heavy atom. The van der Waals surface area contributed by atoms with Gasteiger partial charge in [-0.05, 0) is 13.3 Å². The van der Waals surface area contributed by atoms with Crippen LogP contribution in [0.3, 0.4) is 0 Å². The average Bonchev–Trinajstić information content (AvgIpc) is 2.38. The van der Waals surface area contributed by atoms with E-state index in [1.165, 1.54) is 0 Å². The van der Waals surface area contributed by atoms with Crippen LogP contribution < -0.4 is 0 Å². The van der Waals surface area contributed by atoms with Gasteiger partial charge in [0.25, 0.3) is 0 Å². The summed E-state index contributed by atoms with van der Waals surface area (Å²) in [6.07, 6.45) is 0.865. The zero-order chi connectivity index (χ0) is 13.6. The Balaban J connectivity index is 3.87. The molecule has 0 fully saturated rings. The van der Waals surface area contributed by atoms with Crippen molar-refractivity contribution in [2.24, 2.45) is 5.16 Å². The summed E-state index contributed by atoms with van der Waals surface area (Å²) >= 11 is 0. The largest absolute Gasteiger partial charge is 0.448 e. The fourth-order valence-corrected chi connectivity index (χ4v) is 1.47. The van der Waals surface area contributed by atoms with Gasteiger partial charge in [-0.3, -0.25) is 0 Å². The normalized spacial score (nSPS) is 12.2. The molecule has 6 nitrogen and oxygen atoms in total. The van der Waals surface area contributed by atoms with Crippen LogP contribution in [0.1, 0.15) is 20.3 Å². The first-order valence-electron chi connectivity index (χ1n) is 5.90. The van der Waals surface area contributed by atoms with Gasteiger partial charge in [0.15, 0.2) is 5.91 Å². The van der Waals surface area contributed by atoms with E-state index < -0.39 is 5.91 Å². The highest BCUT2D eigenvalue weighted by atomic mass is 28.2. The Morgan fingerprint density at radius 2 is 1.61 bits per heavy atom. The lowest BCUT2D eigenvalue weighted by molar-refractivity contribution is -0.114. The maximum absolute atomic E-state index is 5.46. The van der Waals surface area contributed by atoms with Crippen molar-refractivity contribution in [3.8, 4) is 0 Å². The van der Waals surface area contributed by atoms with Crippen molar-refractivity contribution in [3.63, 3.8) is 0 Å². The topological polar surface area (TPSA) is 58.5 Å². The molecule has 0 saturated carbocycles. The lowest BCUT2D eigenvalue weighted by Gasteiger charge is -2.15. The highest BCUT2D eigenvalue weighted by molar-refractivity contribution is 6.28. The van der Waals surface area contributed by atoms with E-state index in [1.807, 2.05) is 13.8 Å². The Morgan fingerprint density at radius 3 is 2.06 bits per heavy atom. The van der Waals surface area contributed by atoms with Crippen LogP contribution in [0.25, 0.3) is 0 Å². The fraction of sp³-hybridized carbons (Fsp3) is 0.909. The van der Waals surface area contributed by atoms with Crippen LogP contribution in [0.15, 0.2) is 5.16 Å². The van der Waals surface area contributed by atoms with Crippen molar-refractivity contribution < 1.29 is 23.5 Å². The summed E-state index contributed by atoms with van der Waals surface area (Å²) in [5.41, 5.74) is 0.940. The number of hydrogen-bond acceptors (Lipinski definition) is 6. The van der Waals surface area contributed by atoms with E-state index in [9.17, 15) is 0 Å². The smallest absolute Gasteiger partial charge is 0.418 e. The molecule has 0 amide bonds. The van der Waals surface area contributed by atoms with E-state index in [1.54, 1.807) is 14.2 Å². The van der Waals surface area contributed by atoms with Crippen molar-refractivity contribution in [1.82, 2.24) is 0 Å². The van der Waals surface area contributed by atoms with Crippen LogP contribution >= 0.6 is 0 Å². The van der Waals surface area contributed by atoms with Gasteiger partial charge >= 0.3 is 9.76 Å². The molecule has 106 valence electrons. The minimum Gasteiger partial charge on any atom is -0.448 e. The molecule has 0 aliphatic rings. The molecule has 0 saturated heterocycles. The average molecular weight is 277 g/mol. The summed E-state index contributed by atoms with van der Waals surface area (Å²) in [6.45, 7) is 5.89. The van der Waals surface area contributed by atoms with Gasteiger partial charge in [-0.1, -0.05) is 6.92 Å². The summed E-state index contributed by atoms with van der Waals surface area (Å²) in [5.74, 6) is -0.427. The molecule has 0 aliphatic heterocycles. The molecule has 0 bridgehead atoms. The summed E-state index contributed by atoms with van der Waals surface area (Å²) in [4.78, 5) is 0. The predicted molar refractivity (Wildman–Crippen MR) is 69.7 cm³/mol. The number of nitrogens with zero attached hydrogens (tertiary/aromatic N) is 1. The zero-order valence-electron chi connectivity index (χ0n) is 11.6. The molecule has 18 heavy (non-hydrogen) atoms. The SMILES string of the molecule is CC/C(C)=N/O[Si]C(OCCOC)OCCOC. The lowest BCUT2D eigenvalue weighted by Crippen LogP contribution is -2.28. The lowest BCUT2D eigenvalue weighted by atomic mass is 10.3. The van der Waals surface area contributed by atoms with Crippen molar-refractivity contribution in [2.75, 3.05) is 40.6 Å². The van der Waals surface area contributed by atoms with E-state index in [0.29, 0.717) is 26.4 Å². The van der Waals surface area contributed by atoms with E-state index in [0.717, 1.165) is 12.1 Å². The first-order valence-corrected chi connectivity index (χ1v) is 6.89.